The quantitative estimate of drug-likeness (QED) is 0.761. The molecule has 4 heteroatoms. The van der Waals surface area contributed by atoms with Crippen LogP contribution in [0.5, 0.6) is 6.01 Å². The van der Waals surface area contributed by atoms with Crippen molar-refractivity contribution < 1.29 is 4.74 Å². The lowest BCUT2D eigenvalue weighted by molar-refractivity contribution is 0.308. The van der Waals surface area contributed by atoms with E-state index < -0.39 is 0 Å². The molecule has 0 aliphatic heterocycles. The molecule has 1 aromatic carbocycles. The van der Waals surface area contributed by atoms with Crippen LogP contribution in [0, 0.1) is 0 Å². The van der Waals surface area contributed by atoms with Crippen LogP contribution in [0.25, 0.3) is 11.3 Å². The zero-order chi connectivity index (χ0) is 10.5. The van der Waals surface area contributed by atoms with Crippen molar-refractivity contribution in [1.29, 1.82) is 0 Å². The van der Waals surface area contributed by atoms with E-state index in [1.165, 1.54) is 0 Å². The Labute approximate surface area is 88.0 Å². The van der Waals surface area contributed by atoms with Crippen LogP contribution in [0.2, 0.25) is 0 Å². The Balaban J connectivity index is 2.33. The van der Waals surface area contributed by atoms with E-state index in [1.807, 2.05) is 37.3 Å². The van der Waals surface area contributed by atoms with E-state index in [4.69, 9.17) is 4.74 Å². The van der Waals surface area contributed by atoms with Gasteiger partial charge in [0.2, 0.25) is 0 Å². The average molecular weight is 201 g/mol. The lowest BCUT2D eigenvalue weighted by atomic mass is 10.2. The Bertz CT molecular complexity index is 431. The fraction of sp³-hybridized carbons (Fsp3) is 0.182. The van der Waals surface area contributed by atoms with E-state index in [9.17, 15) is 0 Å². The second-order valence-electron chi connectivity index (χ2n) is 2.92. The molecule has 15 heavy (non-hydrogen) atoms. The number of ether oxygens (including phenoxy) is 1. The van der Waals surface area contributed by atoms with Gasteiger partial charge in [0.25, 0.3) is 0 Å². The number of hydrogen-bond acceptors (Lipinski definition) is 4. The van der Waals surface area contributed by atoms with Crippen LogP contribution in [0.1, 0.15) is 6.92 Å². The monoisotopic (exact) mass is 201 g/mol. The maximum absolute atomic E-state index is 5.18. The molecule has 0 radical (unpaired) electrons. The zero-order valence-electron chi connectivity index (χ0n) is 8.42. The van der Waals surface area contributed by atoms with Crippen molar-refractivity contribution in [3.63, 3.8) is 0 Å². The van der Waals surface area contributed by atoms with Crippen LogP contribution in [0.4, 0.5) is 0 Å². The van der Waals surface area contributed by atoms with Gasteiger partial charge in [-0.15, -0.1) is 0 Å². The first-order valence-electron chi connectivity index (χ1n) is 4.78. The number of benzene rings is 1. The fourth-order valence-electron chi connectivity index (χ4n) is 1.23. The molecule has 0 aliphatic carbocycles. The van der Waals surface area contributed by atoms with Gasteiger partial charge in [-0.25, -0.2) is 0 Å². The maximum Gasteiger partial charge on any atom is 0.336 e. The minimum atomic E-state index is 0.318. The van der Waals surface area contributed by atoms with Gasteiger partial charge in [0, 0.05) is 5.56 Å². The van der Waals surface area contributed by atoms with Crippen molar-refractivity contribution in [3.05, 3.63) is 36.5 Å². The molecular formula is C11H11N3O. The molecule has 1 heterocycles. The molecule has 2 rings (SSSR count). The van der Waals surface area contributed by atoms with Gasteiger partial charge in [0.05, 0.1) is 18.5 Å². The smallest absolute Gasteiger partial charge is 0.336 e. The minimum absolute atomic E-state index is 0.318. The number of hydrogen-bond donors (Lipinski definition) is 0. The minimum Gasteiger partial charge on any atom is -0.463 e. The standard InChI is InChI=1S/C11H11N3O/c1-2-15-11-13-10(8-12-14-11)9-6-4-3-5-7-9/h3-8H,2H2,1H3. The summed E-state index contributed by atoms with van der Waals surface area (Å²) < 4.78 is 5.18. The van der Waals surface area contributed by atoms with Crippen molar-refractivity contribution in [2.45, 2.75) is 6.92 Å². The van der Waals surface area contributed by atoms with Crippen LogP contribution < -0.4 is 4.74 Å². The Morgan fingerprint density at radius 3 is 2.73 bits per heavy atom. The summed E-state index contributed by atoms with van der Waals surface area (Å²) in [5, 5.41) is 7.61. The van der Waals surface area contributed by atoms with Gasteiger partial charge in [-0.2, -0.15) is 10.1 Å². The summed E-state index contributed by atoms with van der Waals surface area (Å²) in [7, 11) is 0. The molecule has 76 valence electrons. The highest BCUT2D eigenvalue weighted by molar-refractivity contribution is 5.57. The molecular weight excluding hydrogens is 190 g/mol. The molecule has 0 bridgehead atoms. The van der Waals surface area contributed by atoms with Crippen LogP contribution >= 0.6 is 0 Å². The van der Waals surface area contributed by atoms with Gasteiger partial charge in [-0.1, -0.05) is 35.4 Å². The van der Waals surface area contributed by atoms with Crippen molar-refractivity contribution in [1.82, 2.24) is 15.2 Å². The molecule has 4 nitrogen and oxygen atoms in total. The van der Waals surface area contributed by atoms with Gasteiger partial charge in [0.15, 0.2) is 0 Å². The van der Waals surface area contributed by atoms with E-state index in [2.05, 4.69) is 15.2 Å². The number of rotatable bonds is 3. The van der Waals surface area contributed by atoms with E-state index in [-0.39, 0.29) is 0 Å². The molecule has 0 spiro atoms. The van der Waals surface area contributed by atoms with Gasteiger partial charge in [0.1, 0.15) is 0 Å². The lowest BCUT2D eigenvalue weighted by Gasteiger charge is -2.02. The molecule has 0 unspecified atom stereocenters. The van der Waals surface area contributed by atoms with Crippen molar-refractivity contribution in [2.24, 2.45) is 0 Å². The summed E-state index contributed by atoms with van der Waals surface area (Å²) in [5.74, 6) is 0. The number of aromatic nitrogens is 3. The maximum atomic E-state index is 5.18. The fourth-order valence-corrected chi connectivity index (χ4v) is 1.23. The second kappa shape index (κ2) is 4.50. The van der Waals surface area contributed by atoms with E-state index in [0.29, 0.717) is 12.6 Å². The van der Waals surface area contributed by atoms with Crippen LogP contribution in [-0.4, -0.2) is 21.8 Å². The summed E-state index contributed by atoms with van der Waals surface area (Å²) in [6.45, 7) is 2.43. The lowest BCUT2D eigenvalue weighted by Crippen LogP contribution is -1.99. The number of nitrogens with zero attached hydrogens (tertiary/aromatic N) is 3. The molecule has 0 atom stereocenters. The molecule has 0 aliphatic rings. The highest BCUT2D eigenvalue weighted by Gasteiger charge is 2.02. The zero-order valence-corrected chi connectivity index (χ0v) is 8.42. The van der Waals surface area contributed by atoms with Gasteiger partial charge >= 0.3 is 6.01 Å². The Morgan fingerprint density at radius 1 is 1.20 bits per heavy atom. The van der Waals surface area contributed by atoms with Crippen molar-refractivity contribution >= 4 is 0 Å². The Kier molecular flexibility index (Phi) is 2.88. The molecule has 0 saturated carbocycles. The Morgan fingerprint density at radius 2 is 2.00 bits per heavy atom. The topological polar surface area (TPSA) is 47.9 Å². The molecule has 2 aromatic rings. The summed E-state index contributed by atoms with van der Waals surface area (Å²) in [6, 6.07) is 10.1. The van der Waals surface area contributed by atoms with Crippen molar-refractivity contribution in [2.75, 3.05) is 6.61 Å². The normalized spacial score (nSPS) is 9.93. The summed E-state index contributed by atoms with van der Waals surface area (Å²) in [6.07, 6.45) is 1.62. The first-order valence-corrected chi connectivity index (χ1v) is 4.78. The largest absolute Gasteiger partial charge is 0.463 e. The summed E-state index contributed by atoms with van der Waals surface area (Å²) in [4.78, 5) is 4.24. The molecule has 1 aromatic heterocycles. The predicted octanol–water partition coefficient (Wildman–Crippen LogP) is 1.94. The molecule has 0 fully saturated rings. The van der Waals surface area contributed by atoms with E-state index in [1.54, 1.807) is 6.20 Å². The third kappa shape index (κ3) is 2.28. The van der Waals surface area contributed by atoms with Gasteiger partial charge in [-0.3, -0.25) is 0 Å². The molecule has 0 amide bonds. The van der Waals surface area contributed by atoms with Gasteiger partial charge < -0.3 is 4.74 Å². The molecule has 0 saturated heterocycles. The molecule has 0 N–H and O–H groups in total. The first-order chi connectivity index (χ1) is 7.40. The highest BCUT2D eigenvalue weighted by atomic mass is 16.5. The van der Waals surface area contributed by atoms with Crippen LogP contribution in [-0.2, 0) is 0 Å². The first kappa shape index (κ1) is 9.58. The van der Waals surface area contributed by atoms with Crippen molar-refractivity contribution in [3.8, 4) is 17.3 Å². The Hall–Kier alpha value is -1.97. The van der Waals surface area contributed by atoms with Crippen LogP contribution in [0.3, 0.4) is 0 Å². The third-order valence-electron chi connectivity index (χ3n) is 1.88. The van der Waals surface area contributed by atoms with E-state index in [0.717, 1.165) is 11.3 Å². The average Bonchev–Trinajstić information content (AvgIpc) is 2.31. The van der Waals surface area contributed by atoms with E-state index >= 15 is 0 Å². The SMILES string of the molecule is CCOc1nncc(-c2ccccc2)n1. The van der Waals surface area contributed by atoms with Gasteiger partial charge in [-0.05, 0) is 6.92 Å². The summed E-state index contributed by atoms with van der Waals surface area (Å²) in [5.41, 5.74) is 1.78. The predicted molar refractivity (Wildman–Crippen MR) is 56.4 cm³/mol. The summed E-state index contributed by atoms with van der Waals surface area (Å²) >= 11 is 0. The highest BCUT2D eigenvalue weighted by Crippen LogP contribution is 2.16. The third-order valence-corrected chi connectivity index (χ3v) is 1.88. The second-order valence-corrected chi connectivity index (χ2v) is 2.92. The van der Waals surface area contributed by atoms with Crippen LogP contribution in [0.15, 0.2) is 36.5 Å².